The predicted octanol–water partition coefficient (Wildman–Crippen LogP) is 1.58. The highest BCUT2D eigenvalue weighted by molar-refractivity contribution is 7.89. The van der Waals surface area contributed by atoms with E-state index in [1.807, 2.05) is 35.8 Å². The molecular formula is C16H24N4O2S. The molecule has 1 fully saturated rings. The number of fused-ring (bicyclic) bond motifs is 1. The Labute approximate surface area is 137 Å². The molecule has 126 valence electrons. The molecule has 0 atom stereocenters. The van der Waals surface area contributed by atoms with E-state index in [0.717, 1.165) is 43.7 Å². The van der Waals surface area contributed by atoms with E-state index in [0.29, 0.717) is 13.1 Å². The highest BCUT2D eigenvalue weighted by Gasteiger charge is 2.26. The van der Waals surface area contributed by atoms with Crippen LogP contribution in [0.3, 0.4) is 0 Å². The molecule has 0 amide bonds. The maximum absolute atomic E-state index is 12.2. The molecule has 0 aliphatic carbocycles. The number of piperazine rings is 1. The maximum atomic E-state index is 12.2. The number of aromatic nitrogens is 2. The standard InChI is InChI=1S/C16H24N4O2S/c1-2-3-12-23(21,22)19-10-8-18(9-11-19)14-15-13-16-6-4-5-7-20(16)17-15/h4-7,13H,2-3,8-12,14H2,1H3. The second-order valence-electron chi connectivity index (χ2n) is 6.05. The van der Waals surface area contributed by atoms with E-state index in [1.54, 1.807) is 4.31 Å². The molecule has 1 aliphatic heterocycles. The molecule has 0 unspecified atom stereocenters. The molecule has 0 spiro atoms. The van der Waals surface area contributed by atoms with Crippen molar-refractivity contribution in [3.8, 4) is 0 Å². The van der Waals surface area contributed by atoms with Crippen molar-refractivity contribution in [2.45, 2.75) is 26.3 Å². The van der Waals surface area contributed by atoms with Gasteiger partial charge in [-0.3, -0.25) is 4.90 Å². The molecule has 3 heterocycles. The summed E-state index contributed by atoms with van der Waals surface area (Å²) in [6.45, 7) is 5.48. The third-order valence-corrected chi connectivity index (χ3v) is 6.24. The van der Waals surface area contributed by atoms with E-state index < -0.39 is 10.0 Å². The van der Waals surface area contributed by atoms with Gasteiger partial charge in [-0.2, -0.15) is 9.40 Å². The van der Waals surface area contributed by atoms with Crippen molar-refractivity contribution < 1.29 is 8.42 Å². The van der Waals surface area contributed by atoms with Crippen molar-refractivity contribution in [1.82, 2.24) is 18.8 Å². The first-order valence-corrected chi connectivity index (χ1v) is 9.83. The maximum Gasteiger partial charge on any atom is 0.214 e. The molecular weight excluding hydrogens is 312 g/mol. The van der Waals surface area contributed by atoms with Gasteiger partial charge in [-0.05, 0) is 24.6 Å². The molecule has 6 nitrogen and oxygen atoms in total. The fraction of sp³-hybridized carbons (Fsp3) is 0.562. The second-order valence-corrected chi connectivity index (χ2v) is 8.14. The van der Waals surface area contributed by atoms with Crippen LogP contribution >= 0.6 is 0 Å². The van der Waals surface area contributed by atoms with E-state index >= 15 is 0 Å². The Balaban J connectivity index is 1.56. The van der Waals surface area contributed by atoms with Gasteiger partial charge in [0.1, 0.15) is 0 Å². The smallest absolute Gasteiger partial charge is 0.214 e. The number of unbranched alkanes of at least 4 members (excludes halogenated alkanes) is 1. The van der Waals surface area contributed by atoms with E-state index in [1.165, 1.54) is 0 Å². The monoisotopic (exact) mass is 336 g/mol. The van der Waals surface area contributed by atoms with Gasteiger partial charge in [0.15, 0.2) is 0 Å². The zero-order valence-corrected chi connectivity index (χ0v) is 14.4. The predicted molar refractivity (Wildman–Crippen MR) is 90.7 cm³/mol. The Morgan fingerprint density at radius 3 is 2.65 bits per heavy atom. The fourth-order valence-electron chi connectivity index (χ4n) is 2.92. The average molecular weight is 336 g/mol. The van der Waals surface area contributed by atoms with Gasteiger partial charge < -0.3 is 0 Å². The minimum Gasteiger partial charge on any atom is -0.295 e. The van der Waals surface area contributed by atoms with Gasteiger partial charge in [0.2, 0.25) is 10.0 Å². The van der Waals surface area contributed by atoms with Gasteiger partial charge in [-0.1, -0.05) is 19.4 Å². The van der Waals surface area contributed by atoms with Crippen molar-refractivity contribution in [2.75, 3.05) is 31.9 Å². The summed E-state index contributed by atoms with van der Waals surface area (Å²) in [7, 11) is -3.08. The summed E-state index contributed by atoms with van der Waals surface area (Å²) in [4.78, 5) is 2.27. The van der Waals surface area contributed by atoms with Crippen LogP contribution in [0.5, 0.6) is 0 Å². The molecule has 0 saturated carbocycles. The number of sulfonamides is 1. The molecule has 0 bridgehead atoms. The topological polar surface area (TPSA) is 57.9 Å². The Morgan fingerprint density at radius 2 is 1.96 bits per heavy atom. The quantitative estimate of drug-likeness (QED) is 0.804. The number of rotatable bonds is 6. The van der Waals surface area contributed by atoms with Crippen molar-refractivity contribution >= 4 is 15.5 Å². The highest BCUT2D eigenvalue weighted by Crippen LogP contribution is 2.13. The minimum absolute atomic E-state index is 0.274. The second kappa shape index (κ2) is 6.98. The number of nitrogens with zero attached hydrogens (tertiary/aromatic N) is 4. The van der Waals surface area contributed by atoms with E-state index in [4.69, 9.17) is 0 Å². The van der Waals surface area contributed by atoms with Crippen LogP contribution in [0.1, 0.15) is 25.5 Å². The lowest BCUT2D eigenvalue weighted by molar-refractivity contribution is 0.180. The van der Waals surface area contributed by atoms with Crippen LogP contribution in [0, 0.1) is 0 Å². The number of hydrogen-bond acceptors (Lipinski definition) is 4. The molecule has 1 aliphatic rings. The van der Waals surface area contributed by atoms with Gasteiger partial charge in [0, 0.05) is 38.9 Å². The Hall–Kier alpha value is -1.44. The Kier molecular flexibility index (Phi) is 4.99. The first-order chi connectivity index (χ1) is 11.1. The van der Waals surface area contributed by atoms with Crippen molar-refractivity contribution in [3.63, 3.8) is 0 Å². The van der Waals surface area contributed by atoms with E-state index in [-0.39, 0.29) is 5.75 Å². The van der Waals surface area contributed by atoms with Gasteiger partial charge in [-0.25, -0.2) is 12.9 Å². The lowest BCUT2D eigenvalue weighted by Gasteiger charge is -2.33. The molecule has 0 radical (unpaired) electrons. The SMILES string of the molecule is CCCCS(=O)(=O)N1CCN(Cc2cc3ccccn3n2)CC1. The van der Waals surface area contributed by atoms with Crippen LogP contribution in [0.2, 0.25) is 0 Å². The van der Waals surface area contributed by atoms with Gasteiger partial charge in [0.25, 0.3) is 0 Å². The number of pyridine rings is 1. The van der Waals surface area contributed by atoms with Crippen LogP contribution in [-0.2, 0) is 16.6 Å². The van der Waals surface area contributed by atoms with Crippen molar-refractivity contribution in [2.24, 2.45) is 0 Å². The van der Waals surface area contributed by atoms with Gasteiger partial charge >= 0.3 is 0 Å². The molecule has 23 heavy (non-hydrogen) atoms. The molecule has 2 aromatic rings. The van der Waals surface area contributed by atoms with Crippen LogP contribution in [0.25, 0.3) is 5.52 Å². The molecule has 0 aromatic carbocycles. The average Bonchev–Trinajstić information content (AvgIpc) is 2.95. The molecule has 7 heteroatoms. The van der Waals surface area contributed by atoms with Crippen molar-refractivity contribution in [1.29, 1.82) is 0 Å². The first kappa shape index (κ1) is 16.4. The summed E-state index contributed by atoms with van der Waals surface area (Å²) < 4.78 is 28.0. The van der Waals surface area contributed by atoms with Crippen LogP contribution < -0.4 is 0 Å². The summed E-state index contributed by atoms with van der Waals surface area (Å²) in [6.07, 6.45) is 3.59. The Bertz CT molecular complexity index is 715. The minimum atomic E-state index is -3.08. The zero-order valence-electron chi connectivity index (χ0n) is 13.6. The number of hydrogen-bond donors (Lipinski definition) is 0. The molecule has 2 aromatic heterocycles. The third kappa shape index (κ3) is 3.91. The van der Waals surface area contributed by atoms with Gasteiger partial charge in [-0.15, -0.1) is 0 Å². The van der Waals surface area contributed by atoms with Crippen LogP contribution in [-0.4, -0.2) is 59.2 Å². The fourth-order valence-corrected chi connectivity index (χ4v) is 4.55. The highest BCUT2D eigenvalue weighted by atomic mass is 32.2. The van der Waals surface area contributed by atoms with Crippen LogP contribution in [0.15, 0.2) is 30.5 Å². The molecule has 0 N–H and O–H groups in total. The first-order valence-electron chi connectivity index (χ1n) is 8.22. The normalized spacial score (nSPS) is 17.8. The van der Waals surface area contributed by atoms with E-state index in [9.17, 15) is 8.42 Å². The largest absolute Gasteiger partial charge is 0.295 e. The molecule has 3 rings (SSSR count). The van der Waals surface area contributed by atoms with Gasteiger partial charge in [0.05, 0.1) is 17.0 Å². The third-order valence-electron chi connectivity index (χ3n) is 4.29. The zero-order chi connectivity index (χ0) is 16.3. The summed E-state index contributed by atoms with van der Waals surface area (Å²) in [5, 5.41) is 4.56. The van der Waals surface area contributed by atoms with Crippen LogP contribution in [0.4, 0.5) is 0 Å². The summed E-state index contributed by atoms with van der Waals surface area (Å²) in [5.74, 6) is 0.274. The lowest BCUT2D eigenvalue weighted by Crippen LogP contribution is -2.48. The Morgan fingerprint density at radius 1 is 1.17 bits per heavy atom. The van der Waals surface area contributed by atoms with Crippen molar-refractivity contribution in [3.05, 3.63) is 36.2 Å². The van der Waals surface area contributed by atoms with E-state index in [2.05, 4.69) is 16.1 Å². The summed E-state index contributed by atoms with van der Waals surface area (Å²) in [6, 6.07) is 8.09. The lowest BCUT2D eigenvalue weighted by atomic mass is 10.3. The molecule has 1 saturated heterocycles. The summed E-state index contributed by atoms with van der Waals surface area (Å²) >= 11 is 0. The summed E-state index contributed by atoms with van der Waals surface area (Å²) in [5.41, 5.74) is 2.11.